The van der Waals surface area contributed by atoms with Crippen LogP contribution >= 0.6 is 0 Å². The summed E-state index contributed by atoms with van der Waals surface area (Å²) in [5.74, 6) is -4.21. The second-order valence-corrected chi connectivity index (χ2v) is 3.86. The van der Waals surface area contributed by atoms with Gasteiger partial charge in [-0.2, -0.15) is 13.2 Å². The number of likely N-dealkylation sites (tertiary alicyclic amines) is 1. The number of hydrogen-bond acceptors (Lipinski definition) is 2. The highest BCUT2D eigenvalue weighted by Gasteiger charge is 2.54. The highest BCUT2D eigenvalue weighted by Crippen LogP contribution is 2.40. The average Bonchev–Trinajstić information content (AvgIpc) is 2.36. The third-order valence-electron chi connectivity index (χ3n) is 2.94. The molecule has 7 heteroatoms. The number of aliphatic carboxylic acids is 1. The fourth-order valence-electron chi connectivity index (χ4n) is 2.14. The molecular weight excluding hydrogens is 227 g/mol. The summed E-state index contributed by atoms with van der Waals surface area (Å²) in [4.78, 5) is 22.2. The maximum absolute atomic E-state index is 12.2. The Morgan fingerprint density at radius 3 is 2.31 bits per heavy atom. The van der Waals surface area contributed by atoms with Gasteiger partial charge >= 0.3 is 18.1 Å². The van der Waals surface area contributed by atoms with Crippen LogP contribution in [0.15, 0.2) is 12.2 Å². The van der Waals surface area contributed by atoms with E-state index in [9.17, 15) is 22.8 Å². The van der Waals surface area contributed by atoms with Gasteiger partial charge in [-0.15, -0.1) is 0 Å². The zero-order valence-corrected chi connectivity index (χ0v) is 7.94. The van der Waals surface area contributed by atoms with Crippen LogP contribution in [0.3, 0.4) is 0 Å². The van der Waals surface area contributed by atoms with Gasteiger partial charge in [0.05, 0.1) is 0 Å². The lowest BCUT2D eigenvalue weighted by molar-refractivity contribution is -0.188. The van der Waals surface area contributed by atoms with Crippen molar-refractivity contribution in [3.05, 3.63) is 12.2 Å². The Labute approximate surface area is 88.3 Å². The quantitative estimate of drug-likeness (QED) is 0.679. The van der Waals surface area contributed by atoms with Crippen LogP contribution in [0, 0.1) is 11.8 Å². The first-order chi connectivity index (χ1) is 7.32. The van der Waals surface area contributed by atoms with E-state index in [-0.39, 0.29) is 12.5 Å². The van der Waals surface area contributed by atoms with Crippen molar-refractivity contribution in [1.29, 1.82) is 0 Å². The molecule has 1 aliphatic carbocycles. The first kappa shape index (κ1) is 11.0. The molecule has 0 aromatic rings. The van der Waals surface area contributed by atoms with E-state index < -0.39 is 30.0 Å². The summed E-state index contributed by atoms with van der Waals surface area (Å²) in [6.07, 6.45) is -1.85. The fraction of sp³-hybridized carbons (Fsp3) is 0.556. The first-order valence-corrected chi connectivity index (χ1v) is 4.61. The van der Waals surface area contributed by atoms with Crippen LogP contribution in [0.5, 0.6) is 0 Å². The van der Waals surface area contributed by atoms with Crippen LogP contribution in [0.1, 0.15) is 0 Å². The molecule has 16 heavy (non-hydrogen) atoms. The smallest absolute Gasteiger partial charge is 0.471 e. The van der Waals surface area contributed by atoms with E-state index in [2.05, 4.69) is 0 Å². The van der Waals surface area contributed by atoms with Crippen LogP contribution in [-0.2, 0) is 9.59 Å². The monoisotopic (exact) mass is 235 g/mol. The minimum atomic E-state index is -5.02. The van der Waals surface area contributed by atoms with Crippen molar-refractivity contribution >= 4 is 11.9 Å². The Morgan fingerprint density at radius 2 is 1.94 bits per heavy atom. The molecule has 0 saturated carbocycles. The van der Waals surface area contributed by atoms with Crippen molar-refractivity contribution in [3.8, 4) is 0 Å². The van der Waals surface area contributed by atoms with E-state index in [1.807, 2.05) is 0 Å². The van der Waals surface area contributed by atoms with E-state index in [0.717, 1.165) is 0 Å². The van der Waals surface area contributed by atoms with Gasteiger partial charge in [0.1, 0.15) is 6.04 Å². The van der Waals surface area contributed by atoms with E-state index in [4.69, 9.17) is 5.11 Å². The van der Waals surface area contributed by atoms with Gasteiger partial charge in [0, 0.05) is 18.4 Å². The number of carboxylic acid groups (broad SMARTS) is 1. The number of alkyl halides is 3. The van der Waals surface area contributed by atoms with Gasteiger partial charge in [-0.1, -0.05) is 12.2 Å². The predicted octanol–water partition coefficient (Wildman–Crippen LogP) is 0.646. The van der Waals surface area contributed by atoms with E-state index in [0.29, 0.717) is 4.90 Å². The topological polar surface area (TPSA) is 57.6 Å². The van der Waals surface area contributed by atoms with Gasteiger partial charge in [-0.05, 0) is 0 Å². The summed E-state index contributed by atoms with van der Waals surface area (Å²) in [5, 5.41) is 8.83. The highest BCUT2D eigenvalue weighted by atomic mass is 19.4. The van der Waals surface area contributed by atoms with Crippen LogP contribution in [-0.4, -0.2) is 40.6 Å². The molecule has 88 valence electrons. The molecule has 2 aliphatic rings. The lowest BCUT2D eigenvalue weighted by Gasteiger charge is -2.25. The molecule has 0 spiro atoms. The van der Waals surface area contributed by atoms with Gasteiger partial charge in [-0.25, -0.2) is 4.79 Å². The maximum atomic E-state index is 12.2. The highest BCUT2D eigenvalue weighted by molar-refractivity contribution is 5.88. The van der Waals surface area contributed by atoms with Crippen molar-refractivity contribution < 1.29 is 27.9 Å². The Kier molecular flexibility index (Phi) is 2.21. The first-order valence-electron chi connectivity index (χ1n) is 4.61. The summed E-state index contributed by atoms with van der Waals surface area (Å²) in [6, 6.07) is -1.39. The fourth-order valence-corrected chi connectivity index (χ4v) is 2.14. The van der Waals surface area contributed by atoms with E-state index in [1.54, 1.807) is 6.08 Å². The largest absolute Gasteiger partial charge is 0.480 e. The summed E-state index contributed by atoms with van der Waals surface area (Å²) in [7, 11) is 0. The zero-order chi connectivity index (χ0) is 12.1. The molecule has 0 aromatic heterocycles. The van der Waals surface area contributed by atoms with Crippen molar-refractivity contribution in [2.45, 2.75) is 12.2 Å². The number of nitrogens with zero attached hydrogens (tertiary/aromatic N) is 1. The maximum Gasteiger partial charge on any atom is 0.471 e. The van der Waals surface area contributed by atoms with Crippen LogP contribution in [0.4, 0.5) is 13.2 Å². The number of carbonyl (C=O) groups excluding carboxylic acids is 1. The van der Waals surface area contributed by atoms with E-state index >= 15 is 0 Å². The molecule has 0 radical (unpaired) electrons. The molecule has 4 nitrogen and oxygen atoms in total. The second kappa shape index (κ2) is 3.23. The predicted molar refractivity (Wildman–Crippen MR) is 45.3 cm³/mol. The molecule has 0 aromatic carbocycles. The molecule has 1 N–H and O–H groups in total. The number of amides is 1. The molecule has 3 atom stereocenters. The SMILES string of the molecule is O=C(O)C1C2C=CC2CN1C(=O)C(F)(F)F. The molecule has 1 amide bonds. The summed E-state index contributed by atoms with van der Waals surface area (Å²) in [5.41, 5.74) is 0. The zero-order valence-electron chi connectivity index (χ0n) is 7.94. The van der Waals surface area contributed by atoms with Gasteiger partial charge in [0.2, 0.25) is 0 Å². The lowest BCUT2D eigenvalue weighted by atomic mass is 9.81. The third kappa shape index (κ3) is 1.46. The van der Waals surface area contributed by atoms with Crippen LogP contribution < -0.4 is 0 Å². The van der Waals surface area contributed by atoms with Crippen molar-refractivity contribution in [3.63, 3.8) is 0 Å². The number of carbonyl (C=O) groups is 2. The molecule has 1 fully saturated rings. The van der Waals surface area contributed by atoms with Gasteiger partial charge in [-0.3, -0.25) is 4.79 Å². The summed E-state index contributed by atoms with van der Waals surface area (Å²) in [6.45, 7) is -0.170. The molecule has 1 saturated heterocycles. The second-order valence-electron chi connectivity index (χ2n) is 3.86. The van der Waals surface area contributed by atoms with Gasteiger partial charge < -0.3 is 10.0 Å². The normalized spacial score (nSPS) is 32.2. The number of rotatable bonds is 1. The lowest BCUT2D eigenvalue weighted by Crippen LogP contribution is -2.48. The van der Waals surface area contributed by atoms with Crippen LogP contribution in [0.25, 0.3) is 0 Å². The third-order valence-corrected chi connectivity index (χ3v) is 2.94. The molecule has 1 aliphatic heterocycles. The van der Waals surface area contributed by atoms with Gasteiger partial charge in [0.15, 0.2) is 0 Å². The Morgan fingerprint density at radius 1 is 1.31 bits per heavy atom. The standard InChI is InChI=1S/C9H8F3NO3/c10-9(11,12)8(16)13-3-4-1-2-5(4)6(13)7(14)15/h1-2,4-6H,3H2,(H,14,15). The average molecular weight is 235 g/mol. The van der Waals surface area contributed by atoms with Gasteiger partial charge in [0.25, 0.3) is 0 Å². The number of carboxylic acids is 1. The van der Waals surface area contributed by atoms with Crippen LogP contribution in [0.2, 0.25) is 0 Å². The summed E-state index contributed by atoms with van der Waals surface area (Å²) >= 11 is 0. The Hall–Kier alpha value is -1.53. The van der Waals surface area contributed by atoms with Crippen molar-refractivity contribution in [1.82, 2.24) is 4.90 Å². The molecule has 0 bridgehead atoms. The number of hydrogen-bond donors (Lipinski definition) is 1. The molecular formula is C9H8F3NO3. The minimum Gasteiger partial charge on any atom is -0.480 e. The molecule has 1 heterocycles. The Bertz CT molecular complexity index is 377. The summed E-state index contributed by atoms with van der Waals surface area (Å²) < 4.78 is 36.6. The minimum absolute atomic E-state index is 0.170. The van der Waals surface area contributed by atoms with Crippen molar-refractivity contribution in [2.24, 2.45) is 11.8 Å². The van der Waals surface area contributed by atoms with Crippen molar-refractivity contribution in [2.75, 3.05) is 6.54 Å². The number of halogens is 3. The van der Waals surface area contributed by atoms with E-state index in [1.165, 1.54) is 6.08 Å². The molecule has 3 unspecified atom stereocenters. The Balaban J connectivity index is 2.23. The molecule has 2 rings (SSSR count). The number of fused-ring (bicyclic) bond motifs is 1.